The lowest BCUT2D eigenvalue weighted by Crippen LogP contribution is -2.39. The van der Waals surface area contributed by atoms with Gasteiger partial charge in [-0.25, -0.2) is 4.98 Å². The normalized spacial score (nSPS) is 17.9. The van der Waals surface area contributed by atoms with Crippen molar-refractivity contribution in [3.8, 4) is 0 Å². The first-order valence-electron chi connectivity index (χ1n) is 8.99. The summed E-state index contributed by atoms with van der Waals surface area (Å²) in [5.41, 5.74) is 1.55. The lowest BCUT2D eigenvalue weighted by Gasteiger charge is -2.35. The molecule has 4 nitrogen and oxygen atoms in total. The molecule has 7 heteroatoms. The van der Waals surface area contributed by atoms with E-state index in [4.69, 9.17) is 9.72 Å². The third kappa shape index (κ3) is 3.68. The number of pyridine rings is 1. The Morgan fingerprint density at radius 1 is 1.11 bits per heavy atom. The van der Waals surface area contributed by atoms with Gasteiger partial charge in [0.1, 0.15) is 11.9 Å². The van der Waals surface area contributed by atoms with E-state index in [-0.39, 0.29) is 12.7 Å². The van der Waals surface area contributed by atoms with Crippen molar-refractivity contribution >= 4 is 16.7 Å². The molecule has 3 aromatic rings. The molecule has 0 spiro atoms. The number of benzene rings is 2. The fourth-order valence-electron chi connectivity index (χ4n) is 3.47. The highest BCUT2D eigenvalue weighted by Crippen LogP contribution is 2.32. The van der Waals surface area contributed by atoms with E-state index in [9.17, 15) is 18.3 Å². The largest absolute Gasteiger partial charge is 0.416 e. The molecule has 0 bridgehead atoms. The highest BCUT2D eigenvalue weighted by Gasteiger charge is 2.31. The summed E-state index contributed by atoms with van der Waals surface area (Å²) in [5.74, 6) is 0.682. The average Bonchev–Trinajstić information content (AvgIpc) is 2.72. The molecule has 2 aromatic carbocycles. The van der Waals surface area contributed by atoms with Crippen molar-refractivity contribution < 1.29 is 23.0 Å². The number of morpholine rings is 1. The summed E-state index contributed by atoms with van der Waals surface area (Å²) in [4.78, 5) is 6.72. The lowest BCUT2D eigenvalue weighted by atomic mass is 10.0. The Hall–Kier alpha value is -2.64. The standard InChI is InChI=1S/C21H19F3N2O2/c22-21(23,24)17-7-5-14(6-8-17)19-12-26(9-10-28-19)20-16(13-27)11-15-3-1-2-4-18(15)25-20/h1-8,11,19,27H,9-10,12-13H2. The zero-order valence-electron chi connectivity index (χ0n) is 15.0. The van der Waals surface area contributed by atoms with E-state index in [1.54, 1.807) is 0 Å². The Morgan fingerprint density at radius 3 is 2.57 bits per heavy atom. The molecule has 28 heavy (non-hydrogen) atoms. The number of aromatic nitrogens is 1. The zero-order chi connectivity index (χ0) is 19.7. The lowest BCUT2D eigenvalue weighted by molar-refractivity contribution is -0.137. The van der Waals surface area contributed by atoms with E-state index in [0.29, 0.717) is 36.6 Å². The first kappa shape index (κ1) is 18.7. The van der Waals surface area contributed by atoms with Gasteiger partial charge in [0, 0.05) is 24.0 Å². The Labute approximate surface area is 160 Å². The molecular weight excluding hydrogens is 369 g/mol. The minimum Gasteiger partial charge on any atom is -0.392 e. The molecular formula is C21H19F3N2O2. The Balaban J connectivity index is 1.61. The maximum Gasteiger partial charge on any atom is 0.416 e. The van der Waals surface area contributed by atoms with Crippen molar-refractivity contribution in [2.75, 3.05) is 24.6 Å². The number of rotatable bonds is 3. The van der Waals surface area contributed by atoms with Crippen molar-refractivity contribution in [1.82, 2.24) is 4.98 Å². The highest BCUT2D eigenvalue weighted by atomic mass is 19.4. The molecule has 0 amide bonds. The summed E-state index contributed by atoms with van der Waals surface area (Å²) in [6.45, 7) is 1.32. The number of aliphatic hydroxyl groups excluding tert-OH is 1. The van der Waals surface area contributed by atoms with Crippen LogP contribution in [0.25, 0.3) is 10.9 Å². The predicted molar refractivity (Wildman–Crippen MR) is 100 cm³/mol. The van der Waals surface area contributed by atoms with Gasteiger partial charge < -0.3 is 14.7 Å². The summed E-state index contributed by atoms with van der Waals surface area (Å²) in [6.07, 6.45) is -4.72. The first-order valence-corrected chi connectivity index (χ1v) is 8.99. The fraction of sp³-hybridized carbons (Fsp3) is 0.286. The van der Waals surface area contributed by atoms with Crippen LogP contribution >= 0.6 is 0 Å². The first-order chi connectivity index (χ1) is 13.5. The Morgan fingerprint density at radius 2 is 1.86 bits per heavy atom. The summed E-state index contributed by atoms with van der Waals surface area (Å²) >= 11 is 0. The number of ether oxygens (including phenoxy) is 1. The number of aliphatic hydroxyl groups is 1. The van der Waals surface area contributed by atoms with E-state index >= 15 is 0 Å². The number of nitrogens with zero attached hydrogens (tertiary/aromatic N) is 2. The van der Waals surface area contributed by atoms with Crippen LogP contribution in [0, 0.1) is 0 Å². The van der Waals surface area contributed by atoms with Crippen LogP contribution in [0.4, 0.5) is 19.0 Å². The van der Waals surface area contributed by atoms with E-state index in [2.05, 4.69) is 0 Å². The molecule has 2 heterocycles. The Bertz CT molecular complexity index is 974. The smallest absolute Gasteiger partial charge is 0.392 e. The van der Waals surface area contributed by atoms with Gasteiger partial charge in [-0.2, -0.15) is 13.2 Å². The van der Waals surface area contributed by atoms with Crippen molar-refractivity contribution in [2.45, 2.75) is 18.9 Å². The second-order valence-electron chi connectivity index (χ2n) is 6.75. The van der Waals surface area contributed by atoms with Crippen LogP contribution in [0.3, 0.4) is 0 Å². The van der Waals surface area contributed by atoms with Gasteiger partial charge in [0.2, 0.25) is 0 Å². The molecule has 1 unspecified atom stereocenters. The van der Waals surface area contributed by atoms with Crippen LogP contribution in [-0.4, -0.2) is 29.8 Å². The molecule has 1 aliphatic heterocycles. The summed E-state index contributed by atoms with van der Waals surface area (Å²) < 4.78 is 44.1. The molecule has 1 fully saturated rings. The molecule has 0 saturated carbocycles. The minimum absolute atomic E-state index is 0.143. The number of halogens is 3. The molecule has 1 aliphatic rings. The van der Waals surface area contributed by atoms with Crippen LogP contribution in [0.5, 0.6) is 0 Å². The number of hydrogen-bond acceptors (Lipinski definition) is 4. The Kier molecular flexibility index (Phi) is 4.95. The summed E-state index contributed by atoms with van der Waals surface area (Å²) in [6, 6.07) is 14.7. The van der Waals surface area contributed by atoms with Gasteiger partial charge in [0.05, 0.1) is 24.3 Å². The van der Waals surface area contributed by atoms with E-state index in [0.717, 1.165) is 23.0 Å². The van der Waals surface area contributed by atoms with Crippen molar-refractivity contribution in [1.29, 1.82) is 0 Å². The van der Waals surface area contributed by atoms with Crippen LogP contribution < -0.4 is 4.90 Å². The van der Waals surface area contributed by atoms with Gasteiger partial charge in [0.25, 0.3) is 0 Å². The van der Waals surface area contributed by atoms with Gasteiger partial charge >= 0.3 is 6.18 Å². The molecule has 1 aromatic heterocycles. The molecule has 0 radical (unpaired) electrons. The highest BCUT2D eigenvalue weighted by molar-refractivity contribution is 5.81. The summed E-state index contributed by atoms with van der Waals surface area (Å²) in [7, 11) is 0. The topological polar surface area (TPSA) is 45.6 Å². The van der Waals surface area contributed by atoms with Gasteiger partial charge in [-0.3, -0.25) is 0 Å². The zero-order valence-corrected chi connectivity index (χ0v) is 15.0. The van der Waals surface area contributed by atoms with E-state index in [1.165, 1.54) is 12.1 Å². The fourth-order valence-corrected chi connectivity index (χ4v) is 3.47. The van der Waals surface area contributed by atoms with Crippen molar-refractivity contribution in [2.24, 2.45) is 0 Å². The number of anilines is 1. The number of alkyl halides is 3. The SMILES string of the molecule is OCc1cc2ccccc2nc1N1CCOC(c2ccc(C(F)(F)F)cc2)C1. The number of fused-ring (bicyclic) bond motifs is 1. The van der Waals surface area contributed by atoms with Crippen LogP contribution in [0.15, 0.2) is 54.6 Å². The molecule has 1 N–H and O–H groups in total. The van der Waals surface area contributed by atoms with Crippen molar-refractivity contribution in [3.05, 3.63) is 71.3 Å². The van der Waals surface area contributed by atoms with Gasteiger partial charge in [-0.1, -0.05) is 30.3 Å². The molecule has 0 aliphatic carbocycles. The van der Waals surface area contributed by atoms with Gasteiger partial charge in [-0.05, 0) is 29.8 Å². The quantitative estimate of drug-likeness (QED) is 0.726. The second kappa shape index (κ2) is 7.41. The molecule has 4 rings (SSSR count). The van der Waals surface area contributed by atoms with Crippen LogP contribution in [0.1, 0.15) is 22.8 Å². The van der Waals surface area contributed by atoms with Gasteiger partial charge in [0.15, 0.2) is 0 Å². The van der Waals surface area contributed by atoms with Crippen molar-refractivity contribution in [3.63, 3.8) is 0 Å². The number of hydrogen-bond donors (Lipinski definition) is 1. The predicted octanol–water partition coefficient (Wildman–Crippen LogP) is 4.32. The molecule has 1 atom stereocenters. The number of para-hydroxylation sites is 1. The van der Waals surface area contributed by atoms with Gasteiger partial charge in [-0.15, -0.1) is 0 Å². The second-order valence-corrected chi connectivity index (χ2v) is 6.75. The van der Waals surface area contributed by atoms with E-state index in [1.807, 2.05) is 35.2 Å². The maximum absolute atomic E-state index is 12.8. The third-order valence-electron chi connectivity index (χ3n) is 4.93. The van der Waals surface area contributed by atoms with Crippen LogP contribution in [0.2, 0.25) is 0 Å². The van der Waals surface area contributed by atoms with Crippen LogP contribution in [-0.2, 0) is 17.5 Å². The third-order valence-corrected chi connectivity index (χ3v) is 4.93. The average molecular weight is 388 g/mol. The van der Waals surface area contributed by atoms with E-state index < -0.39 is 11.7 Å². The monoisotopic (exact) mass is 388 g/mol. The maximum atomic E-state index is 12.8. The minimum atomic E-state index is -4.36. The summed E-state index contributed by atoms with van der Waals surface area (Å²) in [5, 5.41) is 10.7. The molecule has 146 valence electrons. The molecule has 1 saturated heterocycles.